The number of hydrogen-bond donors (Lipinski definition) is 1. The topological polar surface area (TPSA) is 86.5 Å². The number of aromatic nitrogens is 2. The Kier molecular flexibility index (Phi) is 4.48. The van der Waals surface area contributed by atoms with Gasteiger partial charge in [0, 0.05) is 10.9 Å². The summed E-state index contributed by atoms with van der Waals surface area (Å²) in [7, 11) is 3.15. The monoisotopic (exact) mass is 345 g/mol. The average molecular weight is 345 g/mol. The number of ether oxygens (including phenoxy) is 2. The van der Waals surface area contributed by atoms with Gasteiger partial charge in [-0.05, 0) is 25.1 Å². The SMILES string of the molecule is COc1ccc(-c2nc(C(=O)Nc3conc3C)cs2)cc1OC. The lowest BCUT2D eigenvalue weighted by Crippen LogP contribution is -2.12. The second kappa shape index (κ2) is 6.71. The fraction of sp³-hybridized carbons (Fsp3) is 0.188. The molecule has 0 aliphatic carbocycles. The minimum absolute atomic E-state index is 0.315. The Morgan fingerprint density at radius 2 is 2.04 bits per heavy atom. The zero-order valence-corrected chi connectivity index (χ0v) is 14.1. The van der Waals surface area contributed by atoms with E-state index in [0.717, 1.165) is 5.56 Å². The van der Waals surface area contributed by atoms with Crippen molar-refractivity contribution in [3.63, 3.8) is 0 Å². The minimum atomic E-state index is -0.315. The molecule has 2 aromatic heterocycles. The second-order valence-corrected chi connectivity index (χ2v) is 5.73. The van der Waals surface area contributed by atoms with Crippen LogP contribution < -0.4 is 14.8 Å². The molecule has 3 rings (SSSR count). The lowest BCUT2D eigenvalue weighted by atomic mass is 10.2. The molecule has 0 bridgehead atoms. The molecule has 1 aromatic carbocycles. The third-order valence-corrected chi connectivity index (χ3v) is 4.26. The lowest BCUT2D eigenvalue weighted by molar-refractivity contribution is 0.102. The van der Waals surface area contributed by atoms with Crippen molar-refractivity contribution < 1.29 is 18.8 Å². The van der Waals surface area contributed by atoms with Crippen LogP contribution >= 0.6 is 11.3 Å². The summed E-state index contributed by atoms with van der Waals surface area (Å²) in [5, 5.41) is 8.84. The van der Waals surface area contributed by atoms with E-state index in [0.29, 0.717) is 33.6 Å². The van der Waals surface area contributed by atoms with E-state index in [2.05, 4.69) is 15.5 Å². The first-order chi connectivity index (χ1) is 11.6. The third-order valence-electron chi connectivity index (χ3n) is 3.37. The van der Waals surface area contributed by atoms with Crippen LogP contribution in [0.2, 0.25) is 0 Å². The molecule has 0 radical (unpaired) electrons. The maximum Gasteiger partial charge on any atom is 0.275 e. The Bertz CT molecular complexity index is 872. The Labute approximate surface area is 142 Å². The fourth-order valence-corrected chi connectivity index (χ4v) is 2.88. The summed E-state index contributed by atoms with van der Waals surface area (Å²) >= 11 is 1.37. The Morgan fingerprint density at radius 3 is 2.71 bits per heavy atom. The van der Waals surface area contributed by atoms with Crippen molar-refractivity contribution in [1.29, 1.82) is 0 Å². The van der Waals surface area contributed by atoms with Gasteiger partial charge in [-0.25, -0.2) is 4.98 Å². The molecule has 0 spiro atoms. The van der Waals surface area contributed by atoms with E-state index in [1.165, 1.54) is 17.6 Å². The quantitative estimate of drug-likeness (QED) is 0.763. The summed E-state index contributed by atoms with van der Waals surface area (Å²) in [6, 6.07) is 5.49. The molecule has 0 fully saturated rings. The van der Waals surface area contributed by atoms with Crippen LogP contribution in [0.3, 0.4) is 0 Å². The zero-order chi connectivity index (χ0) is 17.1. The van der Waals surface area contributed by atoms with Gasteiger partial charge in [-0.1, -0.05) is 5.16 Å². The molecule has 0 saturated heterocycles. The van der Waals surface area contributed by atoms with Crippen molar-refractivity contribution in [3.05, 3.63) is 41.2 Å². The molecule has 124 valence electrons. The summed E-state index contributed by atoms with van der Waals surface area (Å²) in [6.45, 7) is 1.75. The highest BCUT2D eigenvalue weighted by molar-refractivity contribution is 7.13. The number of thiazole rings is 1. The molecule has 3 aromatic rings. The number of rotatable bonds is 5. The van der Waals surface area contributed by atoms with Crippen molar-refractivity contribution in [2.45, 2.75) is 6.92 Å². The van der Waals surface area contributed by atoms with Crippen LogP contribution in [-0.4, -0.2) is 30.3 Å². The number of hydrogen-bond acceptors (Lipinski definition) is 7. The number of aryl methyl sites for hydroxylation is 1. The lowest BCUT2D eigenvalue weighted by Gasteiger charge is -2.08. The molecule has 0 aliphatic rings. The first kappa shape index (κ1) is 16.0. The highest BCUT2D eigenvalue weighted by atomic mass is 32.1. The van der Waals surface area contributed by atoms with Crippen LogP contribution in [0, 0.1) is 6.92 Å². The predicted octanol–water partition coefficient (Wildman–Crippen LogP) is 3.38. The predicted molar refractivity (Wildman–Crippen MR) is 89.8 cm³/mol. The molecular weight excluding hydrogens is 330 g/mol. The number of carbonyl (C=O) groups excluding carboxylic acids is 1. The van der Waals surface area contributed by atoms with E-state index in [9.17, 15) is 4.79 Å². The van der Waals surface area contributed by atoms with Gasteiger partial charge in [0.1, 0.15) is 28.3 Å². The van der Waals surface area contributed by atoms with Gasteiger partial charge >= 0.3 is 0 Å². The number of methoxy groups -OCH3 is 2. The summed E-state index contributed by atoms with van der Waals surface area (Å²) < 4.78 is 15.3. The zero-order valence-electron chi connectivity index (χ0n) is 13.3. The van der Waals surface area contributed by atoms with Crippen LogP contribution in [0.25, 0.3) is 10.6 Å². The number of nitrogens with one attached hydrogen (secondary N) is 1. The molecule has 0 unspecified atom stereocenters. The first-order valence-corrected chi connectivity index (χ1v) is 7.90. The molecule has 2 heterocycles. The second-order valence-electron chi connectivity index (χ2n) is 4.88. The molecule has 7 nitrogen and oxygen atoms in total. The van der Waals surface area contributed by atoms with Gasteiger partial charge in [0.2, 0.25) is 0 Å². The van der Waals surface area contributed by atoms with Crippen molar-refractivity contribution in [2.24, 2.45) is 0 Å². The number of carbonyl (C=O) groups is 1. The largest absolute Gasteiger partial charge is 0.493 e. The smallest absolute Gasteiger partial charge is 0.275 e. The summed E-state index contributed by atoms with van der Waals surface area (Å²) in [4.78, 5) is 16.6. The Balaban J connectivity index is 1.83. The number of anilines is 1. The van der Waals surface area contributed by atoms with Gasteiger partial charge in [0.25, 0.3) is 5.91 Å². The Morgan fingerprint density at radius 1 is 1.25 bits per heavy atom. The van der Waals surface area contributed by atoms with Crippen LogP contribution in [0.15, 0.2) is 34.4 Å². The minimum Gasteiger partial charge on any atom is -0.493 e. The molecule has 1 N–H and O–H groups in total. The molecule has 1 amide bonds. The first-order valence-electron chi connectivity index (χ1n) is 7.02. The molecule has 8 heteroatoms. The average Bonchev–Trinajstić information content (AvgIpc) is 3.24. The van der Waals surface area contributed by atoms with Crippen molar-refractivity contribution >= 4 is 22.9 Å². The summed E-state index contributed by atoms with van der Waals surface area (Å²) in [5.41, 5.74) is 2.31. The van der Waals surface area contributed by atoms with Crippen molar-refractivity contribution in [1.82, 2.24) is 10.1 Å². The molecular formula is C16H15N3O4S. The molecule has 24 heavy (non-hydrogen) atoms. The number of benzene rings is 1. The highest BCUT2D eigenvalue weighted by Crippen LogP contribution is 2.33. The van der Waals surface area contributed by atoms with E-state index in [-0.39, 0.29) is 5.91 Å². The van der Waals surface area contributed by atoms with Crippen LogP contribution in [0.1, 0.15) is 16.2 Å². The van der Waals surface area contributed by atoms with Crippen LogP contribution in [0.4, 0.5) is 5.69 Å². The normalized spacial score (nSPS) is 10.5. The highest BCUT2D eigenvalue weighted by Gasteiger charge is 2.15. The fourth-order valence-electron chi connectivity index (χ4n) is 2.08. The van der Waals surface area contributed by atoms with Crippen LogP contribution in [-0.2, 0) is 0 Å². The maximum atomic E-state index is 12.3. The number of nitrogens with zero attached hydrogens (tertiary/aromatic N) is 2. The van der Waals surface area contributed by atoms with Crippen LogP contribution in [0.5, 0.6) is 11.5 Å². The standard InChI is InChI=1S/C16H15N3O4S/c1-9-11(7-23-19-9)17-15(20)12-8-24-16(18-12)10-4-5-13(21-2)14(6-10)22-3/h4-8H,1-3H3,(H,17,20). The van der Waals surface area contributed by atoms with E-state index < -0.39 is 0 Å². The van der Waals surface area contributed by atoms with Gasteiger partial charge in [0.15, 0.2) is 11.5 Å². The van der Waals surface area contributed by atoms with E-state index in [1.807, 2.05) is 12.1 Å². The van der Waals surface area contributed by atoms with E-state index >= 15 is 0 Å². The molecule has 0 aliphatic heterocycles. The number of amides is 1. The summed E-state index contributed by atoms with van der Waals surface area (Å²) in [6.07, 6.45) is 1.38. The third kappa shape index (κ3) is 3.09. The molecule has 0 atom stereocenters. The van der Waals surface area contributed by atoms with E-state index in [4.69, 9.17) is 14.0 Å². The van der Waals surface area contributed by atoms with Crippen molar-refractivity contribution in [2.75, 3.05) is 19.5 Å². The van der Waals surface area contributed by atoms with E-state index in [1.54, 1.807) is 32.6 Å². The van der Waals surface area contributed by atoms with Gasteiger partial charge in [0.05, 0.1) is 14.2 Å². The van der Waals surface area contributed by atoms with Crippen molar-refractivity contribution in [3.8, 4) is 22.1 Å². The Hall–Kier alpha value is -2.87. The summed E-state index contributed by atoms with van der Waals surface area (Å²) in [5.74, 6) is 0.930. The molecule has 0 saturated carbocycles. The maximum absolute atomic E-state index is 12.3. The van der Waals surface area contributed by atoms with Gasteiger partial charge in [-0.2, -0.15) is 0 Å². The van der Waals surface area contributed by atoms with Gasteiger partial charge in [-0.3, -0.25) is 4.79 Å². The van der Waals surface area contributed by atoms with Gasteiger partial charge < -0.3 is 19.3 Å². The van der Waals surface area contributed by atoms with Gasteiger partial charge in [-0.15, -0.1) is 11.3 Å².